The second-order valence-electron chi connectivity index (χ2n) is 5.83. The number of hydrogen-bond donors (Lipinski definition) is 2. The van der Waals surface area contributed by atoms with Gasteiger partial charge in [-0.05, 0) is 35.9 Å². The molecule has 0 aliphatic carbocycles. The lowest BCUT2D eigenvalue weighted by atomic mass is 10.1. The number of benzene rings is 2. The third-order valence-corrected chi connectivity index (χ3v) is 4.74. The largest absolute Gasteiger partial charge is 0.497 e. The van der Waals surface area contributed by atoms with Crippen molar-refractivity contribution in [3.8, 4) is 5.75 Å². The monoisotopic (exact) mass is 404 g/mol. The van der Waals surface area contributed by atoms with Crippen molar-refractivity contribution in [1.82, 2.24) is 14.9 Å². The van der Waals surface area contributed by atoms with Gasteiger partial charge in [-0.25, -0.2) is 9.78 Å². The molecule has 2 amide bonds. The molecule has 1 aromatic heterocycles. The van der Waals surface area contributed by atoms with Crippen LogP contribution < -0.4 is 15.4 Å². The van der Waals surface area contributed by atoms with Gasteiger partial charge in [0.2, 0.25) is 0 Å². The van der Waals surface area contributed by atoms with Gasteiger partial charge in [0.1, 0.15) is 17.6 Å². The first-order valence-corrected chi connectivity index (χ1v) is 8.87. The highest BCUT2D eigenvalue weighted by molar-refractivity contribution is 6.42. The van der Waals surface area contributed by atoms with Crippen molar-refractivity contribution in [3.05, 3.63) is 76.3 Å². The zero-order valence-electron chi connectivity index (χ0n) is 14.7. The lowest BCUT2D eigenvalue weighted by molar-refractivity contribution is 0.249. The quantitative estimate of drug-likeness (QED) is 0.650. The van der Waals surface area contributed by atoms with E-state index in [0.29, 0.717) is 27.3 Å². The summed E-state index contributed by atoms with van der Waals surface area (Å²) < 4.78 is 7.15. The molecule has 27 heavy (non-hydrogen) atoms. The van der Waals surface area contributed by atoms with Crippen molar-refractivity contribution in [2.24, 2.45) is 7.05 Å². The maximum atomic E-state index is 12.6. The molecule has 3 rings (SSSR count). The zero-order valence-corrected chi connectivity index (χ0v) is 16.3. The zero-order chi connectivity index (χ0) is 19.4. The van der Waals surface area contributed by atoms with Gasteiger partial charge in [0.15, 0.2) is 0 Å². The molecule has 2 N–H and O–H groups in total. The molecular formula is C19H18Cl2N4O2. The molecule has 3 aromatic rings. The van der Waals surface area contributed by atoms with Crippen LogP contribution in [-0.4, -0.2) is 22.7 Å². The number of ether oxygens (including phenoxy) is 1. The standard InChI is InChI=1S/C19H18Cl2N4O2/c1-25-9-8-22-18(25)17(12-4-3-5-14(10-12)27-2)24-19(26)23-13-6-7-15(20)16(21)11-13/h3-11,17H,1-2H3,(H2,23,24,26). The first-order chi connectivity index (χ1) is 13.0. The lowest BCUT2D eigenvalue weighted by Crippen LogP contribution is -2.34. The van der Waals surface area contributed by atoms with E-state index in [0.717, 1.165) is 5.56 Å². The van der Waals surface area contributed by atoms with E-state index in [-0.39, 0.29) is 0 Å². The molecule has 0 fully saturated rings. The summed E-state index contributed by atoms with van der Waals surface area (Å²) in [7, 11) is 3.47. The number of nitrogens with zero attached hydrogens (tertiary/aromatic N) is 2. The third-order valence-electron chi connectivity index (χ3n) is 4.00. The SMILES string of the molecule is COc1cccc(C(NC(=O)Nc2ccc(Cl)c(Cl)c2)c2nccn2C)c1. The summed E-state index contributed by atoms with van der Waals surface area (Å²) in [6, 6.07) is 11.5. The maximum Gasteiger partial charge on any atom is 0.320 e. The number of imidazole rings is 1. The number of carbonyl (C=O) groups is 1. The molecule has 1 atom stereocenters. The summed E-state index contributed by atoms with van der Waals surface area (Å²) in [5.74, 6) is 1.38. The number of methoxy groups -OCH3 is 1. The fourth-order valence-corrected chi connectivity index (χ4v) is 2.94. The van der Waals surface area contributed by atoms with Gasteiger partial charge in [-0.1, -0.05) is 35.3 Å². The predicted molar refractivity (Wildman–Crippen MR) is 107 cm³/mol. The van der Waals surface area contributed by atoms with Crippen molar-refractivity contribution in [2.45, 2.75) is 6.04 Å². The molecule has 8 heteroatoms. The molecule has 0 spiro atoms. The maximum absolute atomic E-state index is 12.6. The van der Waals surface area contributed by atoms with E-state index in [1.165, 1.54) is 0 Å². The van der Waals surface area contributed by atoms with Gasteiger partial charge >= 0.3 is 6.03 Å². The Kier molecular flexibility index (Phi) is 5.88. The molecule has 0 bridgehead atoms. The van der Waals surface area contributed by atoms with Crippen LogP contribution in [-0.2, 0) is 7.05 Å². The minimum absolute atomic E-state index is 0.364. The molecule has 0 saturated heterocycles. The highest BCUT2D eigenvalue weighted by atomic mass is 35.5. The normalized spacial score (nSPS) is 11.7. The van der Waals surface area contributed by atoms with E-state index in [1.54, 1.807) is 31.5 Å². The van der Waals surface area contributed by atoms with Crippen LogP contribution in [0.4, 0.5) is 10.5 Å². The molecule has 0 aliphatic rings. The van der Waals surface area contributed by atoms with E-state index < -0.39 is 12.1 Å². The minimum atomic E-state index is -0.470. The molecular weight excluding hydrogens is 387 g/mol. The van der Waals surface area contributed by atoms with Crippen LogP contribution in [0.2, 0.25) is 10.0 Å². The van der Waals surface area contributed by atoms with Crippen LogP contribution in [0.5, 0.6) is 5.75 Å². The highest BCUT2D eigenvalue weighted by Crippen LogP contribution is 2.26. The summed E-state index contributed by atoms with van der Waals surface area (Å²) >= 11 is 11.9. The van der Waals surface area contributed by atoms with Crippen LogP contribution >= 0.6 is 23.2 Å². The molecule has 140 valence electrons. The van der Waals surface area contributed by atoms with E-state index in [4.69, 9.17) is 27.9 Å². The predicted octanol–water partition coefficient (Wildman–Crippen LogP) is 4.65. The Bertz CT molecular complexity index is 958. The number of aryl methyl sites for hydroxylation is 1. The molecule has 0 radical (unpaired) electrons. The van der Waals surface area contributed by atoms with Gasteiger partial charge in [0.05, 0.1) is 17.2 Å². The first kappa shape index (κ1) is 19.1. The van der Waals surface area contributed by atoms with Gasteiger partial charge in [-0.15, -0.1) is 0 Å². The molecule has 6 nitrogen and oxygen atoms in total. The van der Waals surface area contributed by atoms with E-state index >= 15 is 0 Å². The van der Waals surface area contributed by atoms with Crippen LogP contribution in [0, 0.1) is 0 Å². The average Bonchev–Trinajstić information content (AvgIpc) is 3.08. The average molecular weight is 405 g/mol. The van der Waals surface area contributed by atoms with Crippen molar-refractivity contribution in [1.29, 1.82) is 0 Å². The fraction of sp³-hybridized carbons (Fsp3) is 0.158. The molecule has 2 aromatic carbocycles. The fourth-order valence-electron chi connectivity index (χ4n) is 2.65. The summed E-state index contributed by atoms with van der Waals surface area (Å²) in [6.45, 7) is 0. The summed E-state index contributed by atoms with van der Waals surface area (Å²) in [5.41, 5.74) is 1.37. The smallest absolute Gasteiger partial charge is 0.320 e. The van der Waals surface area contributed by atoms with E-state index in [1.807, 2.05) is 42.1 Å². The van der Waals surface area contributed by atoms with Gasteiger partial charge < -0.3 is 19.9 Å². The Hall–Kier alpha value is -2.70. The molecule has 0 aliphatic heterocycles. The number of halogens is 2. The van der Waals surface area contributed by atoms with E-state index in [9.17, 15) is 4.79 Å². The number of carbonyl (C=O) groups excluding carboxylic acids is 1. The van der Waals surface area contributed by atoms with Crippen LogP contribution in [0.3, 0.4) is 0 Å². The number of rotatable bonds is 5. The number of anilines is 1. The summed E-state index contributed by atoms with van der Waals surface area (Å²) in [5, 5.41) is 6.49. The van der Waals surface area contributed by atoms with Crippen molar-refractivity contribution in [2.75, 3.05) is 12.4 Å². The molecule has 1 heterocycles. The summed E-state index contributed by atoms with van der Waals surface area (Å²) in [4.78, 5) is 17.0. The Morgan fingerprint density at radius 3 is 2.67 bits per heavy atom. The topological polar surface area (TPSA) is 68.2 Å². The van der Waals surface area contributed by atoms with Gasteiger partial charge in [0.25, 0.3) is 0 Å². The lowest BCUT2D eigenvalue weighted by Gasteiger charge is -2.20. The van der Waals surface area contributed by atoms with Gasteiger partial charge in [-0.2, -0.15) is 0 Å². The van der Waals surface area contributed by atoms with Crippen molar-refractivity contribution >= 4 is 34.9 Å². The van der Waals surface area contributed by atoms with Gasteiger partial charge in [-0.3, -0.25) is 0 Å². The van der Waals surface area contributed by atoms with Crippen LogP contribution in [0.15, 0.2) is 54.9 Å². The Morgan fingerprint density at radius 2 is 2.00 bits per heavy atom. The molecule has 0 saturated carbocycles. The van der Waals surface area contributed by atoms with Crippen LogP contribution in [0.1, 0.15) is 17.4 Å². The van der Waals surface area contributed by atoms with E-state index in [2.05, 4.69) is 15.6 Å². The first-order valence-electron chi connectivity index (χ1n) is 8.11. The minimum Gasteiger partial charge on any atom is -0.497 e. The van der Waals surface area contributed by atoms with Crippen LogP contribution in [0.25, 0.3) is 0 Å². The number of hydrogen-bond acceptors (Lipinski definition) is 3. The number of urea groups is 1. The second kappa shape index (κ2) is 8.33. The number of aromatic nitrogens is 2. The second-order valence-corrected chi connectivity index (χ2v) is 6.65. The van der Waals surface area contributed by atoms with Crippen molar-refractivity contribution < 1.29 is 9.53 Å². The highest BCUT2D eigenvalue weighted by Gasteiger charge is 2.21. The van der Waals surface area contributed by atoms with Crippen molar-refractivity contribution in [3.63, 3.8) is 0 Å². The summed E-state index contributed by atoms with van der Waals surface area (Å²) in [6.07, 6.45) is 3.50. The molecule has 1 unspecified atom stereocenters. The number of nitrogens with one attached hydrogen (secondary N) is 2. The number of amides is 2. The Morgan fingerprint density at radius 1 is 1.19 bits per heavy atom. The third kappa shape index (κ3) is 4.53. The Balaban J connectivity index is 1.85. The Labute approximate surface area is 167 Å². The van der Waals surface area contributed by atoms with Gasteiger partial charge in [0, 0.05) is 25.1 Å².